The molecule has 0 bridgehead atoms. The molecule has 0 saturated carbocycles. The minimum atomic E-state index is -0.521. The van der Waals surface area contributed by atoms with Gasteiger partial charge in [-0.05, 0) is 120 Å². The van der Waals surface area contributed by atoms with Gasteiger partial charge < -0.3 is 0 Å². The third kappa shape index (κ3) is 5.62. The van der Waals surface area contributed by atoms with E-state index in [1.807, 2.05) is 0 Å². The highest BCUT2D eigenvalue weighted by molar-refractivity contribution is 6.01. The molecule has 8 aromatic rings. The van der Waals surface area contributed by atoms with Gasteiger partial charge in [-0.3, -0.25) is 10.3 Å². The van der Waals surface area contributed by atoms with Crippen molar-refractivity contribution in [3.05, 3.63) is 198 Å². The van der Waals surface area contributed by atoms with Gasteiger partial charge in [0.15, 0.2) is 0 Å². The molecule has 0 aromatic heterocycles. The van der Waals surface area contributed by atoms with E-state index >= 15 is 0 Å². The zero-order valence-corrected chi connectivity index (χ0v) is 30.4. The first kappa shape index (κ1) is 32.9. The summed E-state index contributed by atoms with van der Waals surface area (Å²) in [5.74, 6) is 0. The number of anilines is 1. The maximum absolute atomic E-state index is 5.71. The van der Waals surface area contributed by atoms with Crippen molar-refractivity contribution in [2.45, 2.75) is 38.5 Å². The second kappa shape index (κ2) is 13.9. The van der Waals surface area contributed by atoms with Gasteiger partial charge in [0.05, 0.1) is 17.7 Å². The van der Waals surface area contributed by atoms with Crippen LogP contribution in [0.4, 0.5) is 5.69 Å². The third-order valence-corrected chi connectivity index (χ3v) is 11.1. The molecule has 0 aliphatic heterocycles. The molecule has 1 aliphatic carbocycles. The first-order valence-corrected chi connectivity index (χ1v) is 19.0. The Morgan fingerprint density at radius 2 is 0.981 bits per heavy atom. The second-order valence-corrected chi connectivity index (χ2v) is 14.3. The second-order valence-electron chi connectivity index (χ2n) is 14.3. The number of hydrogen-bond donors (Lipinski definition) is 1. The van der Waals surface area contributed by atoms with Crippen LogP contribution in [0.25, 0.3) is 54.9 Å². The molecule has 258 valence electrons. The Kier molecular flexibility index (Phi) is 8.62. The van der Waals surface area contributed by atoms with Gasteiger partial charge in [0.2, 0.25) is 0 Å². The Morgan fingerprint density at radius 3 is 1.51 bits per heavy atom. The van der Waals surface area contributed by atoms with Crippen LogP contribution in [0.15, 0.2) is 170 Å². The predicted molar refractivity (Wildman–Crippen MR) is 223 cm³/mol. The number of hydrogen-bond acceptors (Lipinski definition) is 2. The quantitative estimate of drug-likeness (QED) is 0.114. The van der Waals surface area contributed by atoms with E-state index in [0.29, 0.717) is 6.61 Å². The monoisotopic (exact) mass is 685 g/mol. The molecule has 0 amide bonds. The minimum absolute atomic E-state index is 0.521. The number of aryl methyl sites for hydroxylation is 1. The van der Waals surface area contributed by atoms with E-state index in [1.54, 1.807) is 0 Å². The lowest BCUT2D eigenvalue weighted by atomic mass is 9.67. The fourth-order valence-corrected chi connectivity index (χ4v) is 8.65. The Bertz CT molecular complexity index is 2440. The van der Waals surface area contributed by atoms with Crippen LogP contribution in [0.2, 0.25) is 0 Å². The summed E-state index contributed by atoms with van der Waals surface area (Å²) in [5.41, 5.74) is 17.6. The summed E-state index contributed by atoms with van der Waals surface area (Å²) in [4.78, 5) is 5.71. The lowest BCUT2D eigenvalue weighted by molar-refractivity contribution is 0.194. The van der Waals surface area contributed by atoms with Crippen LogP contribution in [-0.2, 0) is 16.7 Å². The summed E-state index contributed by atoms with van der Waals surface area (Å²) >= 11 is 0. The number of rotatable bonds is 10. The Balaban J connectivity index is 1.31. The van der Waals surface area contributed by atoms with Gasteiger partial charge >= 0.3 is 0 Å². The summed E-state index contributed by atoms with van der Waals surface area (Å²) < 4.78 is 0. The van der Waals surface area contributed by atoms with Crippen LogP contribution in [0.1, 0.15) is 54.5 Å². The zero-order valence-electron chi connectivity index (χ0n) is 30.4. The van der Waals surface area contributed by atoms with Gasteiger partial charge in [0.1, 0.15) is 0 Å². The molecule has 9 rings (SSSR count). The van der Waals surface area contributed by atoms with Crippen molar-refractivity contribution in [1.82, 2.24) is 0 Å². The van der Waals surface area contributed by atoms with E-state index in [0.717, 1.165) is 24.9 Å². The fourth-order valence-electron chi connectivity index (χ4n) is 8.65. The molecule has 8 aromatic carbocycles. The predicted octanol–water partition coefficient (Wildman–Crippen LogP) is 13.4. The Hall–Kier alpha value is -5.96. The third-order valence-electron chi connectivity index (χ3n) is 11.1. The number of nitrogens with one attached hydrogen (secondary N) is 1. The standard InChI is InChI=1S/C51H43NO/c1-3-11-35-20-24-40(25-21-35)51(41-26-28-42(29-27-41)52-53-32-4-2)49-30-22-38(45-18-9-14-36-12-5-7-16-43(36)45)33-47(49)48-34-39(23-31-50(48)51)46-19-10-15-37-13-6-8-17-44(37)46/h5-10,12-31,33-34,52H,3-4,11,32H2,1-2H3. The maximum atomic E-state index is 5.71. The smallest absolute Gasteiger partial charge is 0.0743 e. The van der Waals surface area contributed by atoms with E-state index in [2.05, 4.69) is 189 Å². The van der Waals surface area contributed by atoms with Crippen LogP contribution < -0.4 is 5.48 Å². The van der Waals surface area contributed by atoms with E-state index in [9.17, 15) is 0 Å². The number of fused-ring (bicyclic) bond motifs is 5. The molecule has 1 aliphatic rings. The summed E-state index contributed by atoms with van der Waals surface area (Å²) in [6, 6.07) is 63.4. The topological polar surface area (TPSA) is 21.3 Å². The van der Waals surface area contributed by atoms with Crippen molar-refractivity contribution in [2.75, 3.05) is 12.1 Å². The highest BCUT2D eigenvalue weighted by atomic mass is 16.6. The molecule has 0 atom stereocenters. The van der Waals surface area contributed by atoms with Crippen molar-refractivity contribution >= 4 is 27.2 Å². The average Bonchev–Trinajstić information content (AvgIpc) is 3.51. The molecule has 2 heteroatoms. The van der Waals surface area contributed by atoms with E-state index in [1.165, 1.54) is 82.7 Å². The molecule has 0 heterocycles. The lowest BCUT2D eigenvalue weighted by Crippen LogP contribution is -2.28. The van der Waals surface area contributed by atoms with E-state index in [-0.39, 0.29) is 0 Å². The van der Waals surface area contributed by atoms with Gasteiger partial charge in [0.25, 0.3) is 0 Å². The first-order valence-electron chi connectivity index (χ1n) is 19.0. The van der Waals surface area contributed by atoms with Crippen LogP contribution in [-0.4, -0.2) is 6.61 Å². The molecule has 1 N–H and O–H groups in total. The van der Waals surface area contributed by atoms with E-state index < -0.39 is 5.41 Å². The minimum Gasteiger partial charge on any atom is -0.276 e. The van der Waals surface area contributed by atoms with Crippen LogP contribution in [0.5, 0.6) is 0 Å². The van der Waals surface area contributed by atoms with Crippen molar-refractivity contribution in [3.63, 3.8) is 0 Å². The van der Waals surface area contributed by atoms with Crippen LogP contribution >= 0.6 is 0 Å². The van der Waals surface area contributed by atoms with Crippen molar-refractivity contribution < 1.29 is 4.84 Å². The van der Waals surface area contributed by atoms with Gasteiger partial charge in [-0.2, -0.15) is 0 Å². The number of benzene rings is 8. The average molecular weight is 686 g/mol. The Labute approximate surface area is 312 Å². The van der Waals surface area contributed by atoms with Gasteiger partial charge in [-0.25, -0.2) is 0 Å². The zero-order chi connectivity index (χ0) is 35.8. The highest BCUT2D eigenvalue weighted by Crippen LogP contribution is 2.57. The molecular formula is C51H43NO. The summed E-state index contributed by atoms with van der Waals surface area (Å²) in [5, 5.41) is 5.04. The van der Waals surface area contributed by atoms with Crippen molar-refractivity contribution in [1.29, 1.82) is 0 Å². The summed E-state index contributed by atoms with van der Waals surface area (Å²) in [7, 11) is 0. The van der Waals surface area contributed by atoms with Crippen LogP contribution in [0, 0.1) is 0 Å². The molecule has 2 nitrogen and oxygen atoms in total. The molecule has 0 radical (unpaired) electrons. The largest absolute Gasteiger partial charge is 0.276 e. The molecule has 0 saturated heterocycles. The van der Waals surface area contributed by atoms with Crippen molar-refractivity contribution in [3.8, 4) is 33.4 Å². The normalized spacial score (nSPS) is 12.9. The summed E-state index contributed by atoms with van der Waals surface area (Å²) in [6.45, 7) is 5.03. The van der Waals surface area contributed by atoms with Crippen molar-refractivity contribution in [2.24, 2.45) is 0 Å². The first-order chi connectivity index (χ1) is 26.2. The van der Waals surface area contributed by atoms with Crippen LogP contribution in [0.3, 0.4) is 0 Å². The lowest BCUT2D eigenvalue weighted by Gasteiger charge is -2.34. The SMILES string of the molecule is CCCONc1ccc(C2(c3ccc(CCC)cc3)c3ccc(-c4cccc5ccccc45)cc3-c3cc(-c4cccc5ccccc45)ccc32)cc1. The van der Waals surface area contributed by atoms with E-state index in [4.69, 9.17) is 4.84 Å². The molecule has 0 spiro atoms. The van der Waals surface area contributed by atoms with Gasteiger partial charge in [-0.1, -0.05) is 166 Å². The fraction of sp³-hybridized carbons (Fsp3) is 0.137. The van der Waals surface area contributed by atoms with Gasteiger partial charge in [-0.15, -0.1) is 0 Å². The molecule has 0 unspecified atom stereocenters. The summed E-state index contributed by atoms with van der Waals surface area (Å²) in [6.07, 6.45) is 3.15. The maximum Gasteiger partial charge on any atom is 0.0743 e. The molecular weight excluding hydrogens is 643 g/mol. The highest BCUT2D eigenvalue weighted by Gasteiger charge is 2.46. The Morgan fingerprint density at radius 1 is 0.472 bits per heavy atom. The molecule has 53 heavy (non-hydrogen) atoms. The molecule has 0 fully saturated rings. The van der Waals surface area contributed by atoms with Gasteiger partial charge in [0, 0.05) is 0 Å².